The number of carbonyl (C=O) groups is 1. The van der Waals surface area contributed by atoms with Crippen molar-refractivity contribution < 1.29 is 4.79 Å². The summed E-state index contributed by atoms with van der Waals surface area (Å²) >= 11 is 3.50. The number of likely N-dealkylation sites (tertiary alicyclic amines) is 1. The van der Waals surface area contributed by atoms with Gasteiger partial charge in [-0.15, -0.1) is 0 Å². The van der Waals surface area contributed by atoms with Crippen molar-refractivity contribution in [1.29, 1.82) is 0 Å². The average molecular weight is 325 g/mol. The molecule has 0 aromatic heterocycles. The molecule has 1 atom stereocenters. The van der Waals surface area contributed by atoms with Gasteiger partial charge in [-0.2, -0.15) is 0 Å². The molecule has 1 aromatic rings. The summed E-state index contributed by atoms with van der Waals surface area (Å²) in [4.78, 5) is 14.4. The summed E-state index contributed by atoms with van der Waals surface area (Å²) in [5, 5.41) is 3.21. The van der Waals surface area contributed by atoms with Crippen LogP contribution >= 0.6 is 15.9 Å². The van der Waals surface area contributed by atoms with Crippen LogP contribution in [0.3, 0.4) is 0 Å². The van der Waals surface area contributed by atoms with E-state index in [1.807, 2.05) is 36.2 Å². The number of nitrogens with one attached hydrogen (secondary N) is 1. The number of hydrogen-bond donors (Lipinski definition) is 1. The standard InChI is InChI=1S/C15H21BrN2O/c1-17-10-12-5-4-8-18(11-12)15(19)9-13-6-2-3-7-14(13)16/h2-3,6-7,12,17H,4-5,8-11H2,1H3. The van der Waals surface area contributed by atoms with Gasteiger partial charge in [-0.3, -0.25) is 4.79 Å². The highest BCUT2D eigenvalue weighted by Gasteiger charge is 2.23. The van der Waals surface area contributed by atoms with Crippen molar-refractivity contribution in [2.45, 2.75) is 19.3 Å². The van der Waals surface area contributed by atoms with Gasteiger partial charge in [0.25, 0.3) is 0 Å². The van der Waals surface area contributed by atoms with Crippen molar-refractivity contribution >= 4 is 21.8 Å². The molecule has 1 fully saturated rings. The first-order valence-corrected chi connectivity index (χ1v) is 7.65. The van der Waals surface area contributed by atoms with Crippen molar-refractivity contribution in [3.63, 3.8) is 0 Å². The first-order valence-electron chi connectivity index (χ1n) is 6.86. The molecule has 3 nitrogen and oxygen atoms in total. The van der Waals surface area contributed by atoms with Crippen LogP contribution < -0.4 is 5.32 Å². The molecule has 0 spiro atoms. The molecule has 1 aromatic carbocycles. The third-order valence-corrected chi connectivity index (χ3v) is 4.44. The third kappa shape index (κ3) is 4.05. The molecule has 0 saturated carbocycles. The van der Waals surface area contributed by atoms with Crippen molar-refractivity contribution in [3.05, 3.63) is 34.3 Å². The summed E-state index contributed by atoms with van der Waals surface area (Å²) in [5.41, 5.74) is 1.07. The highest BCUT2D eigenvalue weighted by Crippen LogP contribution is 2.20. The van der Waals surface area contributed by atoms with Crippen LogP contribution in [0.15, 0.2) is 28.7 Å². The van der Waals surface area contributed by atoms with E-state index in [1.165, 1.54) is 6.42 Å². The maximum atomic E-state index is 12.4. The molecule has 0 radical (unpaired) electrons. The van der Waals surface area contributed by atoms with Gasteiger partial charge in [0, 0.05) is 17.6 Å². The lowest BCUT2D eigenvalue weighted by molar-refractivity contribution is -0.132. The Labute approximate surface area is 123 Å². The lowest BCUT2D eigenvalue weighted by atomic mass is 9.97. The highest BCUT2D eigenvalue weighted by molar-refractivity contribution is 9.10. The first kappa shape index (κ1) is 14.5. The Hall–Kier alpha value is -0.870. The smallest absolute Gasteiger partial charge is 0.227 e. The van der Waals surface area contributed by atoms with E-state index in [1.54, 1.807) is 0 Å². The largest absolute Gasteiger partial charge is 0.342 e. The van der Waals surface area contributed by atoms with Crippen molar-refractivity contribution in [2.24, 2.45) is 5.92 Å². The Kier molecular flexibility index (Phi) is 5.40. The normalized spacial score (nSPS) is 19.5. The number of piperidine rings is 1. The van der Waals surface area contributed by atoms with Crippen LogP contribution in [-0.2, 0) is 11.2 Å². The van der Waals surface area contributed by atoms with E-state index in [4.69, 9.17) is 0 Å². The second-order valence-electron chi connectivity index (χ2n) is 5.17. The van der Waals surface area contributed by atoms with Gasteiger partial charge in [-0.05, 0) is 44.0 Å². The highest BCUT2D eigenvalue weighted by atomic mass is 79.9. The molecule has 0 aliphatic carbocycles. The predicted octanol–water partition coefficient (Wildman–Crippen LogP) is 2.45. The molecule has 19 heavy (non-hydrogen) atoms. The summed E-state index contributed by atoms with van der Waals surface area (Å²) in [6, 6.07) is 7.95. The summed E-state index contributed by atoms with van der Waals surface area (Å²) < 4.78 is 1.02. The van der Waals surface area contributed by atoms with Gasteiger partial charge in [0.1, 0.15) is 0 Å². The predicted molar refractivity (Wildman–Crippen MR) is 81.1 cm³/mol. The molecular weight excluding hydrogens is 304 g/mol. The van der Waals surface area contributed by atoms with E-state index < -0.39 is 0 Å². The molecule has 1 aliphatic rings. The molecule has 4 heteroatoms. The van der Waals surface area contributed by atoms with Crippen LogP contribution in [-0.4, -0.2) is 37.5 Å². The van der Waals surface area contributed by atoms with Crippen molar-refractivity contribution in [1.82, 2.24) is 10.2 Å². The third-order valence-electron chi connectivity index (χ3n) is 3.66. The Bertz CT molecular complexity index is 434. The molecule has 1 heterocycles. The summed E-state index contributed by atoms with van der Waals surface area (Å²) in [6.07, 6.45) is 2.83. The zero-order valence-corrected chi connectivity index (χ0v) is 12.9. The quantitative estimate of drug-likeness (QED) is 0.922. The van der Waals surface area contributed by atoms with Crippen LogP contribution in [0.4, 0.5) is 0 Å². The number of amides is 1. The van der Waals surface area contributed by atoms with Crippen LogP contribution in [0.1, 0.15) is 18.4 Å². The summed E-state index contributed by atoms with van der Waals surface area (Å²) in [7, 11) is 1.97. The Morgan fingerprint density at radius 2 is 2.26 bits per heavy atom. The zero-order chi connectivity index (χ0) is 13.7. The fourth-order valence-electron chi connectivity index (χ4n) is 2.66. The Morgan fingerprint density at radius 1 is 1.47 bits per heavy atom. The molecule has 2 rings (SSSR count). The molecular formula is C15H21BrN2O. The maximum Gasteiger partial charge on any atom is 0.227 e. The number of benzene rings is 1. The molecule has 1 amide bonds. The lowest BCUT2D eigenvalue weighted by Gasteiger charge is -2.33. The fourth-order valence-corrected chi connectivity index (χ4v) is 3.09. The van der Waals surface area contributed by atoms with Gasteiger partial charge in [-0.25, -0.2) is 0 Å². The van der Waals surface area contributed by atoms with Gasteiger partial charge in [0.15, 0.2) is 0 Å². The second kappa shape index (κ2) is 7.06. The van der Waals surface area contributed by atoms with E-state index in [0.29, 0.717) is 12.3 Å². The van der Waals surface area contributed by atoms with Crippen LogP contribution in [0.2, 0.25) is 0 Å². The minimum Gasteiger partial charge on any atom is -0.342 e. The molecule has 1 aliphatic heterocycles. The number of hydrogen-bond acceptors (Lipinski definition) is 2. The van der Waals surface area contributed by atoms with Crippen LogP contribution in [0.25, 0.3) is 0 Å². The maximum absolute atomic E-state index is 12.4. The molecule has 1 saturated heterocycles. The average Bonchev–Trinajstić information content (AvgIpc) is 2.42. The lowest BCUT2D eigenvalue weighted by Crippen LogP contribution is -2.43. The van der Waals surface area contributed by atoms with Gasteiger partial charge < -0.3 is 10.2 Å². The number of rotatable bonds is 4. The monoisotopic (exact) mass is 324 g/mol. The van der Waals surface area contributed by atoms with E-state index in [9.17, 15) is 4.79 Å². The number of carbonyl (C=O) groups excluding carboxylic acids is 1. The van der Waals surface area contributed by atoms with E-state index in [-0.39, 0.29) is 5.91 Å². The van der Waals surface area contributed by atoms with Crippen LogP contribution in [0, 0.1) is 5.92 Å². The topological polar surface area (TPSA) is 32.3 Å². The van der Waals surface area contributed by atoms with E-state index in [0.717, 1.165) is 36.1 Å². The Morgan fingerprint density at radius 3 is 3.00 bits per heavy atom. The minimum atomic E-state index is 0.243. The van der Waals surface area contributed by atoms with Gasteiger partial charge in [-0.1, -0.05) is 34.1 Å². The van der Waals surface area contributed by atoms with Gasteiger partial charge >= 0.3 is 0 Å². The molecule has 1 N–H and O–H groups in total. The van der Waals surface area contributed by atoms with E-state index in [2.05, 4.69) is 21.2 Å². The number of halogens is 1. The van der Waals surface area contributed by atoms with Crippen molar-refractivity contribution in [2.75, 3.05) is 26.7 Å². The first-order chi connectivity index (χ1) is 9.20. The molecule has 1 unspecified atom stereocenters. The fraction of sp³-hybridized carbons (Fsp3) is 0.533. The van der Waals surface area contributed by atoms with Gasteiger partial charge in [0.2, 0.25) is 5.91 Å². The Balaban J connectivity index is 1.94. The van der Waals surface area contributed by atoms with E-state index >= 15 is 0 Å². The SMILES string of the molecule is CNCC1CCCN(C(=O)Cc2ccccc2Br)C1. The summed E-state index contributed by atoms with van der Waals surface area (Å²) in [6.45, 7) is 2.80. The zero-order valence-electron chi connectivity index (χ0n) is 11.4. The van der Waals surface area contributed by atoms with Crippen LogP contribution in [0.5, 0.6) is 0 Å². The van der Waals surface area contributed by atoms with Gasteiger partial charge in [0.05, 0.1) is 6.42 Å². The van der Waals surface area contributed by atoms with Crippen molar-refractivity contribution in [3.8, 4) is 0 Å². The second-order valence-corrected chi connectivity index (χ2v) is 6.03. The minimum absolute atomic E-state index is 0.243. The number of nitrogens with zero attached hydrogens (tertiary/aromatic N) is 1. The molecule has 0 bridgehead atoms. The molecule has 104 valence electrons. The summed E-state index contributed by atoms with van der Waals surface area (Å²) in [5.74, 6) is 0.842.